The van der Waals surface area contributed by atoms with Crippen LogP contribution < -0.4 is 5.32 Å². The molecule has 0 bridgehead atoms. The van der Waals surface area contributed by atoms with E-state index in [1.165, 1.54) is 17.4 Å². The highest BCUT2D eigenvalue weighted by Gasteiger charge is 2.10. The molecule has 0 saturated carbocycles. The van der Waals surface area contributed by atoms with E-state index in [9.17, 15) is 10.1 Å². The van der Waals surface area contributed by atoms with Gasteiger partial charge in [0.15, 0.2) is 5.13 Å². The molecule has 3 aromatic rings. The van der Waals surface area contributed by atoms with Gasteiger partial charge < -0.3 is 10.1 Å². The number of fused-ring (bicyclic) bond motifs is 1. The van der Waals surface area contributed by atoms with E-state index >= 15 is 0 Å². The van der Waals surface area contributed by atoms with Gasteiger partial charge in [-0.15, -0.1) is 0 Å². The maximum atomic E-state index is 10.8. The van der Waals surface area contributed by atoms with Crippen LogP contribution in [0.1, 0.15) is 5.56 Å². The Morgan fingerprint density at radius 3 is 2.95 bits per heavy atom. The summed E-state index contributed by atoms with van der Waals surface area (Å²) in [6, 6.07) is 12.5. The summed E-state index contributed by atoms with van der Waals surface area (Å²) in [7, 11) is 1.65. The second-order valence-electron chi connectivity index (χ2n) is 4.69. The molecule has 6 nitrogen and oxygen atoms in total. The summed E-state index contributed by atoms with van der Waals surface area (Å²) >= 11 is 1.38. The summed E-state index contributed by atoms with van der Waals surface area (Å²) in [4.78, 5) is 14.8. The Kier molecular flexibility index (Phi) is 3.99. The van der Waals surface area contributed by atoms with E-state index in [0.29, 0.717) is 11.7 Å². The van der Waals surface area contributed by atoms with Crippen LogP contribution in [0, 0.1) is 10.1 Å². The van der Waals surface area contributed by atoms with Crippen LogP contribution in [0.5, 0.6) is 0 Å². The number of nitro groups is 1. The first-order valence-corrected chi connectivity index (χ1v) is 7.37. The van der Waals surface area contributed by atoms with E-state index < -0.39 is 4.92 Å². The fourth-order valence-electron chi connectivity index (χ4n) is 2.11. The lowest BCUT2D eigenvalue weighted by molar-refractivity contribution is -0.384. The molecule has 0 amide bonds. The average Bonchev–Trinajstić information content (AvgIpc) is 2.89. The van der Waals surface area contributed by atoms with E-state index in [2.05, 4.69) is 10.3 Å². The number of nitrogens with zero attached hydrogens (tertiary/aromatic N) is 2. The molecule has 0 aliphatic rings. The topological polar surface area (TPSA) is 77.3 Å². The van der Waals surface area contributed by atoms with Crippen molar-refractivity contribution in [3.8, 4) is 0 Å². The zero-order valence-corrected chi connectivity index (χ0v) is 12.6. The lowest BCUT2D eigenvalue weighted by atomic mass is 10.2. The minimum Gasteiger partial charge on any atom is -0.380 e. The zero-order valence-electron chi connectivity index (χ0n) is 11.8. The number of thiazole rings is 1. The molecule has 0 saturated heterocycles. The van der Waals surface area contributed by atoms with Crippen LogP contribution >= 0.6 is 11.3 Å². The first-order valence-electron chi connectivity index (χ1n) is 6.55. The number of anilines is 2. The second kappa shape index (κ2) is 6.08. The lowest BCUT2D eigenvalue weighted by Crippen LogP contribution is -1.92. The summed E-state index contributed by atoms with van der Waals surface area (Å²) in [6.07, 6.45) is 0. The SMILES string of the molecule is COCc1cccc(Nc2nc3ccc([N+](=O)[O-])cc3s2)c1. The predicted octanol–water partition coefficient (Wildman–Crippen LogP) is 4.09. The van der Waals surface area contributed by atoms with E-state index in [1.807, 2.05) is 24.3 Å². The number of rotatable bonds is 5. The molecule has 0 aliphatic heterocycles. The minimum atomic E-state index is -0.402. The van der Waals surface area contributed by atoms with E-state index in [-0.39, 0.29) is 5.69 Å². The van der Waals surface area contributed by atoms with Gasteiger partial charge in [0, 0.05) is 24.9 Å². The Morgan fingerprint density at radius 1 is 1.32 bits per heavy atom. The summed E-state index contributed by atoms with van der Waals surface area (Å²) < 4.78 is 5.89. The maximum Gasteiger partial charge on any atom is 0.270 e. The molecule has 22 heavy (non-hydrogen) atoms. The van der Waals surface area contributed by atoms with Gasteiger partial charge in [-0.3, -0.25) is 10.1 Å². The van der Waals surface area contributed by atoms with Crippen molar-refractivity contribution in [3.63, 3.8) is 0 Å². The van der Waals surface area contributed by atoms with Gasteiger partial charge >= 0.3 is 0 Å². The number of nitrogens with one attached hydrogen (secondary N) is 1. The van der Waals surface area contributed by atoms with Gasteiger partial charge in [-0.2, -0.15) is 0 Å². The van der Waals surface area contributed by atoms with Gasteiger partial charge in [-0.25, -0.2) is 4.98 Å². The van der Waals surface area contributed by atoms with Crippen LogP contribution in [0.15, 0.2) is 42.5 Å². The molecule has 0 atom stereocenters. The highest BCUT2D eigenvalue weighted by atomic mass is 32.1. The molecular weight excluding hydrogens is 302 g/mol. The third-order valence-electron chi connectivity index (χ3n) is 3.07. The van der Waals surface area contributed by atoms with Crippen LogP contribution in [0.25, 0.3) is 10.2 Å². The van der Waals surface area contributed by atoms with Crippen molar-refractivity contribution < 1.29 is 9.66 Å². The van der Waals surface area contributed by atoms with Gasteiger partial charge in [0.2, 0.25) is 0 Å². The number of methoxy groups -OCH3 is 1. The highest BCUT2D eigenvalue weighted by Crippen LogP contribution is 2.31. The molecule has 7 heteroatoms. The Balaban J connectivity index is 1.87. The second-order valence-corrected chi connectivity index (χ2v) is 5.72. The number of hydrogen-bond acceptors (Lipinski definition) is 6. The normalized spacial score (nSPS) is 10.8. The van der Waals surface area contributed by atoms with Crippen LogP contribution in [-0.2, 0) is 11.3 Å². The van der Waals surface area contributed by atoms with Gasteiger partial charge in [0.25, 0.3) is 5.69 Å². The van der Waals surface area contributed by atoms with Crippen LogP contribution in [0.3, 0.4) is 0 Å². The molecule has 3 rings (SSSR count). The largest absolute Gasteiger partial charge is 0.380 e. The van der Waals surface area contributed by atoms with Crippen LogP contribution in [0.2, 0.25) is 0 Å². The molecule has 0 unspecified atom stereocenters. The summed E-state index contributed by atoms with van der Waals surface area (Å²) in [6.45, 7) is 0.543. The molecule has 0 aliphatic carbocycles. The standard InChI is InChI=1S/C15H13N3O3S/c1-21-9-10-3-2-4-11(7-10)16-15-17-13-6-5-12(18(19)20)8-14(13)22-15/h2-8H,9H2,1H3,(H,16,17). The first-order chi connectivity index (χ1) is 10.7. The van der Waals surface area contributed by atoms with Gasteiger partial charge in [0.05, 0.1) is 21.7 Å². The lowest BCUT2D eigenvalue weighted by Gasteiger charge is -2.05. The molecule has 1 N–H and O–H groups in total. The van der Waals surface area contributed by atoms with Crippen LogP contribution in [0.4, 0.5) is 16.5 Å². The summed E-state index contributed by atoms with van der Waals surface area (Å²) in [5.74, 6) is 0. The molecule has 1 aromatic heterocycles. The minimum absolute atomic E-state index is 0.0739. The number of ether oxygens (including phenoxy) is 1. The van der Waals surface area contributed by atoms with Crippen molar-refractivity contribution in [3.05, 3.63) is 58.1 Å². The number of nitro benzene ring substituents is 1. The number of aromatic nitrogens is 1. The number of benzene rings is 2. The Bertz CT molecular complexity index is 832. The number of non-ortho nitro benzene ring substituents is 1. The summed E-state index contributed by atoms with van der Waals surface area (Å²) in [5, 5.41) is 14.7. The van der Waals surface area contributed by atoms with Crippen molar-refractivity contribution in [2.45, 2.75) is 6.61 Å². The Morgan fingerprint density at radius 2 is 2.18 bits per heavy atom. The average molecular weight is 315 g/mol. The van der Waals surface area contributed by atoms with E-state index in [4.69, 9.17) is 4.74 Å². The smallest absolute Gasteiger partial charge is 0.270 e. The molecule has 0 fully saturated rings. The third kappa shape index (κ3) is 3.05. The number of hydrogen-bond donors (Lipinski definition) is 1. The van der Waals surface area contributed by atoms with Crippen molar-refractivity contribution in [2.24, 2.45) is 0 Å². The fraction of sp³-hybridized carbons (Fsp3) is 0.133. The van der Waals surface area contributed by atoms with Crippen molar-refractivity contribution in [1.82, 2.24) is 4.98 Å². The highest BCUT2D eigenvalue weighted by molar-refractivity contribution is 7.22. The molecule has 0 radical (unpaired) electrons. The molecule has 1 heterocycles. The van der Waals surface area contributed by atoms with Crippen molar-refractivity contribution in [2.75, 3.05) is 12.4 Å². The van der Waals surface area contributed by atoms with E-state index in [1.54, 1.807) is 19.2 Å². The van der Waals surface area contributed by atoms with Gasteiger partial charge in [-0.05, 0) is 23.8 Å². The quantitative estimate of drug-likeness (QED) is 0.566. The van der Waals surface area contributed by atoms with E-state index in [0.717, 1.165) is 21.5 Å². The first kappa shape index (κ1) is 14.4. The molecule has 0 spiro atoms. The van der Waals surface area contributed by atoms with Crippen molar-refractivity contribution in [1.29, 1.82) is 0 Å². The Hall–Kier alpha value is -2.51. The molecule has 112 valence electrons. The molecule has 2 aromatic carbocycles. The van der Waals surface area contributed by atoms with Gasteiger partial charge in [-0.1, -0.05) is 23.5 Å². The monoisotopic (exact) mass is 315 g/mol. The van der Waals surface area contributed by atoms with Crippen molar-refractivity contribution >= 4 is 38.1 Å². The molecular formula is C15H13N3O3S. The predicted molar refractivity (Wildman–Crippen MR) is 86.7 cm³/mol. The summed E-state index contributed by atoms with van der Waals surface area (Å²) in [5.41, 5.74) is 2.78. The fourth-order valence-corrected chi connectivity index (χ4v) is 3.03. The Labute approximate surface area is 130 Å². The maximum absolute atomic E-state index is 10.8. The third-order valence-corrected chi connectivity index (χ3v) is 4.01. The zero-order chi connectivity index (χ0) is 15.5. The van der Waals surface area contributed by atoms with Gasteiger partial charge in [0.1, 0.15) is 0 Å². The van der Waals surface area contributed by atoms with Crippen LogP contribution in [-0.4, -0.2) is 17.0 Å².